The molecule has 2 aliphatic rings. The molecule has 5 rings (SSSR count). The number of hydroxylamine groups is 2. The molecule has 1 fully saturated rings. The summed E-state index contributed by atoms with van der Waals surface area (Å²) >= 11 is 0. The van der Waals surface area contributed by atoms with Crippen molar-refractivity contribution in [3.8, 4) is 5.75 Å². The molecule has 5 nitrogen and oxygen atoms in total. The van der Waals surface area contributed by atoms with Crippen molar-refractivity contribution in [1.29, 1.82) is 0 Å². The van der Waals surface area contributed by atoms with Crippen LogP contribution in [0.3, 0.4) is 0 Å². The van der Waals surface area contributed by atoms with E-state index in [0.717, 1.165) is 27.6 Å². The van der Waals surface area contributed by atoms with Crippen molar-refractivity contribution in [3.05, 3.63) is 77.9 Å². The standard InChI is InChI=1S/C23H21NO4/c1-24-20-18-9-5-6-10-19(18)27-14-23(20,22(25)26-2)21(28-24)17-12-11-15-7-3-4-8-16(15)13-17/h3-13,20-21H,14H2,1-2H3/t20-,21+,23-/m1/s1. The number of carbonyl (C=O) groups is 1. The van der Waals surface area contributed by atoms with Gasteiger partial charge in [-0.25, -0.2) is 0 Å². The SMILES string of the molecule is COC(=O)[C@]12COc3ccccc3[C@H]1N(C)O[C@H]2c1ccc2ccccc2c1. The van der Waals surface area contributed by atoms with E-state index in [9.17, 15) is 4.79 Å². The fraction of sp³-hybridized carbons (Fsp3) is 0.261. The fourth-order valence-corrected chi connectivity index (χ4v) is 4.65. The van der Waals surface area contributed by atoms with Crippen LogP contribution in [0.25, 0.3) is 10.8 Å². The number of para-hydroxylation sites is 1. The molecule has 0 unspecified atom stereocenters. The Bertz CT molecular complexity index is 1070. The third kappa shape index (κ3) is 2.30. The molecule has 28 heavy (non-hydrogen) atoms. The zero-order valence-corrected chi connectivity index (χ0v) is 15.8. The van der Waals surface area contributed by atoms with Gasteiger partial charge in [-0.05, 0) is 28.5 Å². The Morgan fingerprint density at radius 3 is 2.64 bits per heavy atom. The summed E-state index contributed by atoms with van der Waals surface area (Å²) in [7, 11) is 3.29. The zero-order valence-electron chi connectivity index (χ0n) is 15.8. The summed E-state index contributed by atoms with van der Waals surface area (Å²) < 4.78 is 11.3. The molecule has 0 spiro atoms. The third-order valence-corrected chi connectivity index (χ3v) is 5.91. The van der Waals surface area contributed by atoms with E-state index in [2.05, 4.69) is 24.3 Å². The van der Waals surface area contributed by atoms with E-state index in [-0.39, 0.29) is 18.6 Å². The number of esters is 1. The van der Waals surface area contributed by atoms with Gasteiger partial charge in [-0.1, -0.05) is 54.6 Å². The second-order valence-electron chi connectivity index (χ2n) is 7.40. The molecule has 0 aliphatic carbocycles. The van der Waals surface area contributed by atoms with Gasteiger partial charge >= 0.3 is 5.97 Å². The molecule has 0 radical (unpaired) electrons. The molecule has 5 heteroatoms. The number of fused-ring (bicyclic) bond motifs is 4. The Hall–Kier alpha value is -2.89. The van der Waals surface area contributed by atoms with E-state index >= 15 is 0 Å². The van der Waals surface area contributed by atoms with Gasteiger partial charge < -0.3 is 9.47 Å². The van der Waals surface area contributed by atoms with Crippen LogP contribution in [-0.4, -0.2) is 31.8 Å². The van der Waals surface area contributed by atoms with Crippen molar-refractivity contribution >= 4 is 16.7 Å². The second-order valence-corrected chi connectivity index (χ2v) is 7.40. The van der Waals surface area contributed by atoms with Crippen molar-refractivity contribution in [3.63, 3.8) is 0 Å². The summed E-state index contributed by atoms with van der Waals surface area (Å²) in [5.41, 5.74) is 0.881. The average molecular weight is 375 g/mol. The summed E-state index contributed by atoms with van der Waals surface area (Å²) in [6.45, 7) is 0.198. The number of benzene rings is 3. The summed E-state index contributed by atoms with van der Waals surface area (Å²) in [6, 6.07) is 21.8. The van der Waals surface area contributed by atoms with Gasteiger partial charge in [0.15, 0.2) is 5.41 Å². The predicted molar refractivity (Wildman–Crippen MR) is 105 cm³/mol. The largest absolute Gasteiger partial charge is 0.492 e. The van der Waals surface area contributed by atoms with E-state index in [1.165, 1.54) is 7.11 Å². The van der Waals surface area contributed by atoms with E-state index in [1.807, 2.05) is 49.5 Å². The first-order valence-corrected chi connectivity index (χ1v) is 9.33. The molecule has 0 bridgehead atoms. The molecule has 0 amide bonds. The van der Waals surface area contributed by atoms with Crippen LogP contribution in [0.2, 0.25) is 0 Å². The first-order valence-electron chi connectivity index (χ1n) is 9.33. The minimum atomic E-state index is -0.986. The van der Waals surface area contributed by atoms with Crippen LogP contribution in [0.15, 0.2) is 66.7 Å². The van der Waals surface area contributed by atoms with Crippen LogP contribution in [0, 0.1) is 5.41 Å². The molecular weight excluding hydrogens is 354 g/mol. The molecule has 0 N–H and O–H groups in total. The number of ether oxygens (including phenoxy) is 2. The molecule has 3 atom stereocenters. The lowest BCUT2D eigenvalue weighted by Crippen LogP contribution is -2.48. The normalized spacial score (nSPS) is 26.4. The van der Waals surface area contributed by atoms with Crippen molar-refractivity contribution in [2.24, 2.45) is 5.41 Å². The van der Waals surface area contributed by atoms with E-state index in [0.29, 0.717) is 0 Å². The smallest absolute Gasteiger partial charge is 0.320 e. The Balaban J connectivity index is 1.69. The number of carbonyl (C=O) groups excluding carboxylic acids is 1. The first-order chi connectivity index (χ1) is 13.6. The lowest BCUT2D eigenvalue weighted by Gasteiger charge is -2.39. The molecule has 2 aliphatic heterocycles. The van der Waals surface area contributed by atoms with Crippen molar-refractivity contribution in [1.82, 2.24) is 5.06 Å². The molecule has 0 saturated carbocycles. The van der Waals surface area contributed by atoms with E-state index in [4.69, 9.17) is 14.3 Å². The van der Waals surface area contributed by atoms with Crippen LogP contribution < -0.4 is 4.74 Å². The molecule has 0 aromatic heterocycles. The van der Waals surface area contributed by atoms with Crippen LogP contribution in [-0.2, 0) is 14.4 Å². The summed E-state index contributed by atoms with van der Waals surface area (Å²) in [6.07, 6.45) is -0.507. The quantitative estimate of drug-likeness (QED) is 0.633. The van der Waals surface area contributed by atoms with Gasteiger partial charge in [-0.3, -0.25) is 9.63 Å². The summed E-state index contributed by atoms with van der Waals surface area (Å²) in [4.78, 5) is 19.4. The van der Waals surface area contributed by atoms with Crippen LogP contribution >= 0.6 is 0 Å². The maximum Gasteiger partial charge on any atom is 0.320 e. The summed E-state index contributed by atoms with van der Waals surface area (Å²) in [5.74, 6) is 0.455. The maximum atomic E-state index is 13.2. The Kier molecular flexibility index (Phi) is 3.89. The molecule has 142 valence electrons. The lowest BCUT2D eigenvalue weighted by atomic mass is 9.70. The molecule has 1 saturated heterocycles. The van der Waals surface area contributed by atoms with E-state index in [1.54, 1.807) is 5.06 Å². The summed E-state index contributed by atoms with van der Waals surface area (Å²) in [5, 5.41) is 4.02. The van der Waals surface area contributed by atoms with Crippen molar-refractivity contribution in [2.75, 3.05) is 20.8 Å². The van der Waals surface area contributed by atoms with Gasteiger partial charge in [0, 0.05) is 12.6 Å². The van der Waals surface area contributed by atoms with E-state index < -0.39 is 11.5 Å². The van der Waals surface area contributed by atoms with Crippen LogP contribution in [0.5, 0.6) is 5.75 Å². The molecule has 3 aromatic rings. The number of rotatable bonds is 2. The molecular formula is C23H21NO4. The Morgan fingerprint density at radius 1 is 1.07 bits per heavy atom. The first kappa shape index (κ1) is 17.2. The Labute approximate surface area is 163 Å². The molecule has 3 aromatic carbocycles. The number of methoxy groups -OCH3 is 1. The minimum absolute atomic E-state index is 0.198. The predicted octanol–water partition coefficient (Wildman–Crippen LogP) is 4.05. The molecule has 2 heterocycles. The number of hydrogen-bond acceptors (Lipinski definition) is 5. The van der Waals surface area contributed by atoms with Crippen molar-refractivity contribution in [2.45, 2.75) is 12.1 Å². The highest BCUT2D eigenvalue weighted by molar-refractivity contribution is 5.84. The fourth-order valence-electron chi connectivity index (χ4n) is 4.65. The highest BCUT2D eigenvalue weighted by atomic mass is 16.7. The number of hydrogen-bond donors (Lipinski definition) is 0. The Morgan fingerprint density at radius 2 is 1.82 bits per heavy atom. The van der Waals surface area contributed by atoms with Crippen LogP contribution in [0.4, 0.5) is 0 Å². The van der Waals surface area contributed by atoms with Gasteiger partial charge in [-0.2, -0.15) is 5.06 Å². The highest BCUT2D eigenvalue weighted by Gasteiger charge is 2.64. The van der Waals surface area contributed by atoms with Gasteiger partial charge in [0.2, 0.25) is 0 Å². The second kappa shape index (κ2) is 6.33. The third-order valence-electron chi connectivity index (χ3n) is 5.91. The van der Waals surface area contributed by atoms with Crippen molar-refractivity contribution < 1.29 is 19.1 Å². The van der Waals surface area contributed by atoms with Gasteiger partial charge in [0.05, 0.1) is 13.2 Å². The minimum Gasteiger partial charge on any atom is -0.492 e. The average Bonchev–Trinajstić information content (AvgIpc) is 3.06. The zero-order chi connectivity index (χ0) is 19.3. The highest BCUT2D eigenvalue weighted by Crippen LogP contribution is 2.59. The van der Waals surface area contributed by atoms with Gasteiger partial charge in [0.1, 0.15) is 18.5 Å². The van der Waals surface area contributed by atoms with Gasteiger partial charge in [-0.15, -0.1) is 0 Å². The number of nitrogens with zero attached hydrogens (tertiary/aromatic N) is 1. The van der Waals surface area contributed by atoms with Crippen LogP contribution in [0.1, 0.15) is 23.3 Å². The monoisotopic (exact) mass is 375 g/mol. The maximum absolute atomic E-state index is 13.2. The topological polar surface area (TPSA) is 48.0 Å². The van der Waals surface area contributed by atoms with Gasteiger partial charge in [0.25, 0.3) is 0 Å². The lowest BCUT2D eigenvalue weighted by molar-refractivity contribution is -0.163.